The van der Waals surface area contributed by atoms with Crippen molar-refractivity contribution in [1.82, 2.24) is 59.8 Å². The number of hydrogen-bond acceptors (Lipinski definition) is 19. The third-order valence-electron chi connectivity index (χ3n) is 19.2. The molecule has 0 saturated carbocycles. The lowest BCUT2D eigenvalue weighted by molar-refractivity contribution is -0.137. The van der Waals surface area contributed by atoms with E-state index in [0.717, 1.165) is 180 Å². The Morgan fingerprint density at radius 3 is 1.13 bits per heavy atom. The number of aromatic nitrogens is 12. The Hall–Kier alpha value is -9.04. The van der Waals surface area contributed by atoms with Gasteiger partial charge in [-0.3, -0.25) is 9.59 Å². The van der Waals surface area contributed by atoms with Crippen LogP contribution in [0.3, 0.4) is 0 Å². The molecular weight excluding hydrogens is 1290 g/mol. The van der Waals surface area contributed by atoms with Crippen molar-refractivity contribution in [2.75, 3.05) is 47.4 Å². The van der Waals surface area contributed by atoms with Crippen LogP contribution in [0, 0.1) is 27.7 Å². The number of rotatable bonds is 31. The number of aliphatic carboxylic acids is 1. The van der Waals surface area contributed by atoms with E-state index in [-0.39, 0.29) is 12.3 Å². The molecule has 20 heteroatoms. The van der Waals surface area contributed by atoms with Crippen LogP contribution in [0.2, 0.25) is 0 Å². The topological polar surface area (TPSA) is 277 Å². The Bertz CT molecular complexity index is 3800. The maximum absolute atomic E-state index is 11.2. The van der Waals surface area contributed by atoms with E-state index in [4.69, 9.17) is 15.0 Å². The number of aryl methyl sites for hydroxylation is 12. The third kappa shape index (κ3) is 29.3. The Balaban J connectivity index is 0.000000170. The fourth-order valence-corrected chi connectivity index (χ4v) is 13.0. The molecule has 0 saturated heterocycles. The molecule has 0 radical (unpaired) electrons. The summed E-state index contributed by atoms with van der Waals surface area (Å²) >= 11 is 0. The number of hydrogen-bond donors (Lipinski definition) is 6. The molecule has 8 aromatic rings. The van der Waals surface area contributed by atoms with E-state index in [1.807, 2.05) is 45.3 Å². The van der Waals surface area contributed by atoms with Gasteiger partial charge in [-0.2, -0.15) is 0 Å². The standard InChI is InChI=1S/C22H30N4O2.C22H32N4.C20H26N4O.C13H20N2.C6H6N2O/c1-16-24-14-19(15-25-16)18(13-21(27)28)7-4-2-3-5-9-20-11-10-17-8-6-12-23-22(17)26-20;1-3-18(20-15-24-17(2)25-16-20)9-6-4-5-7-11-21-13-12-19-10-8-14-23-22(19)26-21;1-15-22-13-16(14-23-15)8-11-19(25)7-3-2-6-18-10-9-17-5-4-12-21-20(17)24-18;1-2-3-4-7-12-9-8-11-6-5-10-14-13(11)15-12;1-5-7-2-6(4-9)3-8-5/h10-11,14-15,18H,2-9,12-13H2,1H3,(H,23,26)(H,27,28);12-13,15-16,18H,3-11,14H2,1-2H3,(H,23,26);8-11,13-14,19,25H,2-7,12H2,1H3,(H,21,24);8-9H,2-7,10H2,1H3,(H,14,15);2-4H,1H3/b;;11-8+;;. The molecule has 3 unspecified atom stereocenters. The Kier molecular flexibility index (Phi) is 34.9. The SMILES string of the molecule is CCC(CCCCCCc1ccc2c(n1)NCCC2)c1cnc(C)nc1.CCCCCc1ccc2c(n1)NCCC2.Cc1ncc(/C=C/C(O)CCCCc2ccc3c(n2)NCCC3)cn1.Cc1ncc(C(CCCCCCc2ccc3c(n2)NCCC3)CC(=O)O)cn1.Cc1ncc(C=O)cn1. The number of fused-ring (bicyclic) bond motifs is 4. The zero-order valence-corrected chi connectivity index (χ0v) is 62.3. The summed E-state index contributed by atoms with van der Waals surface area (Å²) < 4.78 is 0. The van der Waals surface area contributed by atoms with Crippen LogP contribution >= 0.6 is 0 Å². The number of pyridine rings is 4. The van der Waals surface area contributed by atoms with Crippen molar-refractivity contribution in [3.8, 4) is 0 Å². The Morgan fingerprint density at radius 2 is 0.757 bits per heavy atom. The molecule has 4 aliphatic rings. The van der Waals surface area contributed by atoms with Gasteiger partial charge in [0.05, 0.1) is 18.1 Å². The van der Waals surface area contributed by atoms with Crippen LogP contribution in [-0.4, -0.2) is 115 Å². The van der Waals surface area contributed by atoms with E-state index in [1.54, 1.807) is 31.7 Å². The highest BCUT2D eigenvalue weighted by molar-refractivity contribution is 5.73. The lowest BCUT2D eigenvalue weighted by Gasteiger charge is -2.17. The minimum Gasteiger partial charge on any atom is -0.481 e. The summed E-state index contributed by atoms with van der Waals surface area (Å²) in [6, 6.07) is 17.6. The van der Waals surface area contributed by atoms with Crippen molar-refractivity contribution in [2.24, 2.45) is 0 Å². The van der Waals surface area contributed by atoms with Crippen molar-refractivity contribution in [3.63, 3.8) is 0 Å². The van der Waals surface area contributed by atoms with Crippen LogP contribution in [0.15, 0.2) is 104 Å². The molecule has 12 heterocycles. The lowest BCUT2D eigenvalue weighted by atomic mass is 9.92. The Morgan fingerprint density at radius 1 is 0.427 bits per heavy atom. The largest absolute Gasteiger partial charge is 0.481 e. The molecule has 103 heavy (non-hydrogen) atoms. The number of carbonyl (C=O) groups excluding carboxylic acids is 1. The normalized spacial score (nSPS) is 14.0. The highest BCUT2D eigenvalue weighted by atomic mass is 16.4. The number of anilines is 4. The molecule has 4 aliphatic heterocycles. The summed E-state index contributed by atoms with van der Waals surface area (Å²) in [4.78, 5) is 73.2. The summed E-state index contributed by atoms with van der Waals surface area (Å²) in [6.45, 7) is 16.1. The van der Waals surface area contributed by atoms with Crippen LogP contribution in [0.5, 0.6) is 0 Å². The number of nitrogens with zero attached hydrogens (tertiary/aromatic N) is 12. The Labute approximate surface area is 612 Å². The highest BCUT2D eigenvalue weighted by Gasteiger charge is 2.18. The fourth-order valence-electron chi connectivity index (χ4n) is 13.0. The number of nitrogens with one attached hydrogen (secondary N) is 4. The molecule has 6 N–H and O–H groups in total. The van der Waals surface area contributed by atoms with E-state index < -0.39 is 12.1 Å². The second-order valence-corrected chi connectivity index (χ2v) is 27.7. The summed E-state index contributed by atoms with van der Waals surface area (Å²) in [5.41, 5.74) is 13.9. The molecule has 3 atom stereocenters. The van der Waals surface area contributed by atoms with Crippen molar-refractivity contribution >= 4 is 41.6 Å². The minimum absolute atomic E-state index is 0.00788. The average molecular weight is 1400 g/mol. The zero-order chi connectivity index (χ0) is 72.6. The molecule has 0 bridgehead atoms. The van der Waals surface area contributed by atoms with E-state index in [1.165, 1.54) is 148 Å². The van der Waals surface area contributed by atoms with Crippen LogP contribution < -0.4 is 21.3 Å². The molecular formula is C83H114N16O4. The van der Waals surface area contributed by atoms with Crippen LogP contribution in [-0.2, 0) is 56.2 Å². The number of unbranched alkanes of at least 4 members (excludes halogenated alkanes) is 9. The summed E-state index contributed by atoms with van der Waals surface area (Å²) in [5, 5.41) is 32.8. The number of aliphatic hydroxyl groups is 1. The van der Waals surface area contributed by atoms with Crippen molar-refractivity contribution in [2.45, 2.75) is 252 Å². The molecule has 0 aliphatic carbocycles. The van der Waals surface area contributed by atoms with Gasteiger partial charge in [-0.1, -0.05) is 108 Å². The molecule has 0 aromatic carbocycles. The van der Waals surface area contributed by atoms with Gasteiger partial charge in [-0.05, 0) is 226 Å². The van der Waals surface area contributed by atoms with Crippen molar-refractivity contribution in [3.05, 3.63) is 195 Å². The highest BCUT2D eigenvalue weighted by Crippen LogP contribution is 2.29. The number of carboxylic acid groups (broad SMARTS) is 1. The zero-order valence-electron chi connectivity index (χ0n) is 62.3. The van der Waals surface area contributed by atoms with Gasteiger partial charge in [0.25, 0.3) is 0 Å². The number of carbonyl (C=O) groups is 2. The summed E-state index contributed by atoms with van der Waals surface area (Å²) in [5.74, 6) is 7.22. The number of aliphatic hydroxyl groups excluding tert-OH is 1. The van der Waals surface area contributed by atoms with E-state index in [9.17, 15) is 19.8 Å². The average Bonchev–Trinajstić information content (AvgIpc) is 0.866. The first kappa shape index (κ1) is 79.7. The van der Waals surface area contributed by atoms with Gasteiger partial charge in [0.2, 0.25) is 0 Å². The molecule has 12 rings (SSSR count). The molecule has 8 aromatic heterocycles. The molecule has 0 spiro atoms. The van der Waals surface area contributed by atoms with Gasteiger partial charge < -0.3 is 31.5 Å². The van der Waals surface area contributed by atoms with Gasteiger partial charge in [0.15, 0.2) is 6.29 Å². The molecule has 0 fully saturated rings. The van der Waals surface area contributed by atoms with Gasteiger partial charge in [-0.25, -0.2) is 59.8 Å². The van der Waals surface area contributed by atoms with Gasteiger partial charge in [-0.15, -0.1) is 0 Å². The summed E-state index contributed by atoms with van der Waals surface area (Å²) in [7, 11) is 0. The lowest BCUT2D eigenvalue weighted by Crippen LogP contribution is -2.14. The van der Waals surface area contributed by atoms with Crippen LogP contribution in [0.1, 0.15) is 262 Å². The third-order valence-corrected chi connectivity index (χ3v) is 19.2. The number of carboxylic acids is 1. The van der Waals surface area contributed by atoms with Gasteiger partial charge in [0, 0.05) is 104 Å². The maximum atomic E-state index is 11.2. The second-order valence-electron chi connectivity index (χ2n) is 27.7. The van der Waals surface area contributed by atoms with E-state index in [0.29, 0.717) is 23.1 Å². The number of aldehydes is 1. The predicted octanol–water partition coefficient (Wildman–Crippen LogP) is 16.6. The first-order chi connectivity index (χ1) is 50.3. The molecule has 20 nitrogen and oxygen atoms in total. The van der Waals surface area contributed by atoms with Crippen molar-refractivity contribution < 1.29 is 19.8 Å². The first-order valence-corrected chi connectivity index (χ1v) is 38.4. The van der Waals surface area contributed by atoms with Gasteiger partial charge in [0.1, 0.15) is 46.6 Å². The smallest absolute Gasteiger partial charge is 0.303 e. The van der Waals surface area contributed by atoms with Crippen LogP contribution in [0.4, 0.5) is 23.3 Å². The fraction of sp³-hybridized carbons (Fsp3) is 0.518. The molecule has 550 valence electrons. The predicted molar refractivity (Wildman–Crippen MR) is 414 cm³/mol. The monoisotopic (exact) mass is 1400 g/mol. The van der Waals surface area contributed by atoms with E-state index in [2.05, 4.69) is 129 Å². The quantitative estimate of drug-likeness (QED) is 0.0174. The maximum Gasteiger partial charge on any atom is 0.303 e. The van der Waals surface area contributed by atoms with Crippen LogP contribution in [0.25, 0.3) is 6.08 Å². The summed E-state index contributed by atoms with van der Waals surface area (Å²) in [6.07, 6.45) is 51.2. The minimum atomic E-state index is -0.766. The van der Waals surface area contributed by atoms with Gasteiger partial charge >= 0.3 is 5.97 Å². The molecule has 0 amide bonds. The first-order valence-electron chi connectivity index (χ1n) is 38.4. The van der Waals surface area contributed by atoms with E-state index >= 15 is 0 Å². The second kappa shape index (κ2) is 45.1. The van der Waals surface area contributed by atoms with Crippen molar-refractivity contribution in [1.29, 1.82) is 0 Å².